The topological polar surface area (TPSA) is 79.5 Å². The summed E-state index contributed by atoms with van der Waals surface area (Å²) in [7, 11) is 1.58. The van der Waals surface area contributed by atoms with E-state index in [0.29, 0.717) is 18.8 Å². The molecule has 3 N–H and O–H groups in total. The van der Waals surface area contributed by atoms with Gasteiger partial charge in [-0.25, -0.2) is 0 Å². The average molecular weight is 263 g/mol. The van der Waals surface area contributed by atoms with E-state index < -0.39 is 6.04 Å². The highest BCUT2D eigenvalue weighted by Gasteiger charge is 2.23. The predicted molar refractivity (Wildman–Crippen MR) is 71.0 cm³/mol. The van der Waals surface area contributed by atoms with Crippen molar-refractivity contribution < 1.29 is 14.3 Å². The van der Waals surface area contributed by atoms with E-state index in [1.165, 1.54) is 0 Å². The van der Waals surface area contributed by atoms with Gasteiger partial charge in [0.05, 0.1) is 19.6 Å². The Bertz CT molecular complexity index is 459. The summed E-state index contributed by atoms with van der Waals surface area (Å²) in [6.07, 6.45) is 0.123. The molecule has 1 aromatic carbocycles. The number of hydrogen-bond donors (Lipinski definition) is 3. The summed E-state index contributed by atoms with van der Waals surface area (Å²) in [6, 6.07) is 6.59. The van der Waals surface area contributed by atoms with E-state index in [1.807, 2.05) is 0 Å². The summed E-state index contributed by atoms with van der Waals surface area (Å²) >= 11 is 0. The van der Waals surface area contributed by atoms with Crippen LogP contribution in [0.15, 0.2) is 24.3 Å². The molecule has 0 aliphatic carbocycles. The van der Waals surface area contributed by atoms with Crippen LogP contribution in [0, 0.1) is 0 Å². The monoisotopic (exact) mass is 263 g/mol. The van der Waals surface area contributed by atoms with Gasteiger partial charge < -0.3 is 20.7 Å². The molecule has 1 aliphatic heterocycles. The lowest BCUT2D eigenvalue weighted by atomic mass is 10.1. The highest BCUT2D eigenvalue weighted by Crippen LogP contribution is 2.15. The van der Waals surface area contributed by atoms with E-state index in [4.69, 9.17) is 4.74 Å². The number of methoxy groups -OCH3 is 1. The fraction of sp³-hybridized carbons (Fsp3) is 0.385. The van der Waals surface area contributed by atoms with Crippen LogP contribution in [0.5, 0.6) is 5.75 Å². The summed E-state index contributed by atoms with van der Waals surface area (Å²) in [5, 5.41) is 8.48. The number of carbonyl (C=O) groups excluding carboxylic acids is 2. The molecular weight excluding hydrogens is 246 g/mol. The molecule has 6 heteroatoms. The fourth-order valence-electron chi connectivity index (χ4n) is 1.88. The molecule has 1 saturated heterocycles. The van der Waals surface area contributed by atoms with Gasteiger partial charge in [0.15, 0.2) is 0 Å². The van der Waals surface area contributed by atoms with Crippen LogP contribution in [-0.2, 0) is 9.59 Å². The van der Waals surface area contributed by atoms with Crippen LogP contribution in [0.25, 0.3) is 0 Å². The summed E-state index contributed by atoms with van der Waals surface area (Å²) in [5.74, 6) is 0.405. The van der Waals surface area contributed by atoms with E-state index >= 15 is 0 Å². The first kappa shape index (κ1) is 13.4. The van der Waals surface area contributed by atoms with Crippen molar-refractivity contribution in [2.45, 2.75) is 12.5 Å². The van der Waals surface area contributed by atoms with Crippen LogP contribution >= 0.6 is 0 Å². The standard InChI is InChI=1S/C13H17N3O3/c1-19-10-4-2-9(3-5-10)16-12(17)8-11-13(18)15-7-6-14-11/h2-5,11,14H,6-8H2,1H3,(H,15,18)(H,16,17)/t11-/m1/s1. The van der Waals surface area contributed by atoms with E-state index in [0.717, 1.165) is 5.75 Å². The van der Waals surface area contributed by atoms with Gasteiger partial charge in [0.1, 0.15) is 5.75 Å². The maximum atomic E-state index is 11.8. The molecule has 1 atom stereocenters. The van der Waals surface area contributed by atoms with Gasteiger partial charge in [-0.2, -0.15) is 0 Å². The fourth-order valence-corrected chi connectivity index (χ4v) is 1.88. The van der Waals surface area contributed by atoms with Crippen LogP contribution in [0.1, 0.15) is 6.42 Å². The Kier molecular flexibility index (Phi) is 4.35. The molecule has 0 unspecified atom stereocenters. The number of rotatable bonds is 4. The van der Waals surface area contributed by atoms with Gasteiger partial charge >= 0.3 is 0 Å². The van der Waals surface area contributed by atoms with Gasteiger partial charge in [0.2, 0.25) is 11.8 Å². The third kappa shape index (κ3) is 3.69. The molecule has 0 saturated carbocycles. The third-order valence-corrected chi connectivity index (χ3v) is 2.89. The van der Waals surface area contributed by atoms with E-state index in [1.54, 1.807) is 31.4 Å². The Morgan fingerprint density at radius 3 is 2.74 bits per heavy atom. The molecule has 2 amide bonds. The lowest BCUT2D eigenvalue weighted by Crippen LogP contribution is -2.53. The zero-order valence-corrected chi connectivity index (χ0v) is 10.7. The van der Waals surface area contributed by atoms with Crippen molar-refractivity contribution in [3.63, 3.8) is 0 Å². The lowest BCUT2D eigenvalue weighted by molar-refractivity contribution is -0.127. The van der Waals surface area contributed by atoms with E-state index in [2.05, 4.69) is 16.0 Å². The minimum atomic E-state index is -0.452. The molecule has 1 aliphatic rings. The van der Waals surface area contributed by atoms with Crippen molar-refractivity contribution in [3.05, 3.63) is 24.3 Å². The zero-order valence-electron chi connectivity index (χ0n) is 10.7. The Labute approximate surface area is 111 Å². The minimum absolute atomic E-state index is 0.123. The number of amides is 2. The molecule has 6 nitrogen and oxygen atoms in total. The number of ether oxygens (including phenoxy) is 1. The Morgan fingerprint density at radius 2 is 2.11 bits per heavy atom. The molecule has 0 spiro atoms. The molecule has 1 aromatic rings. The molecule has 1 fully saturated rings. The van der Waals surface area contributed by atoms with Crippen LogP contribution in [0.4, 0.5) is 5.69 Å². The lowest BCUT2D eigenvalue weighted by Gasteiger charge is -2.22. The van der Waals surface area contributed by atoms with E-state index in [-0.39, 0.29) is 18.2 Å². The molecular formula is C13H17N3O3. The first-order chi connectivity index (χ1) is 9.19. The molecule has 1 heterocycles. The van der Waals surface area contributed by atoms with Crippen molar-refractivity contribution in [2.24, 2.45) is 0 Å². The second-order valence-electron chi connectivity index (χ2n) is 4.28. The maximum absolute atomic E-state index is 11.8. The van der Waals surface area contributed by atoms with Crippen LogP contribution in [-0.4, -0.2) is 38.1 Å². The van der Waals surface area contributed by atoms with Crippen molar-refractivity contribution in [3.8, 4) is 5.75 Å². The van der Waals surface area contributed by atoms with Gasteiger partial charge in [0.25, 0.3) is 0 Å². The second kappa shape index (κ2) is 6.19. The average Bonchev–Trinajstić information content (AvgIpc) is 2.42. The first-order valence-corrected chi connectivity index (χ1v) is 6.14. The summed E-state index contributed by atoms with van der Waals surface area (Å²) in [4.78, 5) is 23.3. The summed E-state index contributed by atoms with van der Waals surface area (Å²) in [5.41, 5.74) is 0.682. The normalized spacial score (nSPS) is 18.6. The third-order valence-electron chi connectivity index (χ3n) is 2.89. The first-order valence-electron chi connectivity index (χ1n) is 6.14. The van der Waals surface area contributed by atoms with E-state index in [9.17, 15) is 9.59 Å². The maximum Gasteiger partial charge on any atom is 0.237 e. The Morgan fingerprint density at radius 1 is 1.37 bits per heavy atom. The molecule has 0 radical (unpaired) electrons. The predicted octanol–water partition coefficient (Wildman–Crippen LogP) is 0.112. The van der Waals surface area contributed by atoms with Crippen molar-refractivity contribution in [2.75, 3.05) is 25.5 Å². The largest absolute Gasteiger partial charge is 0.497 e. The smallest absolute Gasteiger partial charge is 0.237 e. The number of carbonyl (C=O) groups is 2. The van der Waals surface area contributed by atoms with Crippen molar-refractivity contribution >= 4 is 17.5 Å². The summed E-state index contributed by atoms with van der Waals surface area (Å²) < 4.78 is 5.03. The van der Waals surface area contributed by atoms with Crippen molar-refractivity contribution in [1.29, 1.82) is 0 Å². The van der Waals surface area contributed by atoms with Gasteiger partial charge in [-0.15, -0.1) is 0 Å². The van der Waals surface area contributed by atoms with Gasteiger partial charge in [-0.3, -0.25) is 9.59 Å². The number of nitrogens with one attached hydrogen (secondary N) is 3. The SMILES string of the molecule is COc1ccc(NC(=O)C[C@H]2NCCNC2=O)cc1. The highest BCUT2D eigenvalue weighted by atomic mass is 16.5. The summed E-state index contributed by atoms with van der Waals surface area (Å²) in [6.45, 7) is 1.29. The molecule has 0 aromatic heterocycles. The zero-order chi connectivity index (χ0) is 13.7. The molecule has 19 heavy (non-hydrogen) atoms. The van der Waals surface area contributed by atoms with Crippen LogP contribution in [0.3, 0.4) is 0 Å². The van der Waals surface area contributed by atoms with Crippen LogP contribution < -0.4 is 20.7 Å². The number of hydrogen-bond acceptors (Lipinski definition) is 4. The molecule has 102 valence electrons. The minimum Gasteiger partial charge on any atom is -0.497 e. The highest BCUT2D eigenvalue weighted by molar-refractivity contribution is 5.95. The quantitative estimate of drug-likeness (QED) is 0.720. The number of anilines is 1. The van der Waals surface area contributed by atoms with Gasteiger partial charge in [0, 0.05) is 18.8 Å². The molecule has 0 bridgehead atoms. The second-order valence-corrected chi connectivity index (χ2v) is 4.28. The number of benzene rings is 1. The van der Waals surface area contributed by atoms with Gasteiger partial charge in [-0.1, -0.05) is 0 Å². The van der Waals surface area contributed by atoms with Gasteiger partial charge in [-0.05, 0) is 24.3 Å². The Balaban J connectivity index is 1.87. The van der Waals surface area contributed by atoms with Crippen molar-refractivity contribution in [1.82, 2.24) is 10.6 Å². The Hall–Kier alpha value is -2.08. The van der Waals surface area contributed by atoms with Crippen LogP contribution in [0.2, 0.25) is 0 Å². The number of piperazine rings is 1. The molecule has 2 rings (SSSR count).